The molecular weight excluding hydrogens is 635 g/mol. The number of imidazole rings is 1. The van der Waals surface area contributed by atoms with Crippen LogP contribution in [0.2, 0.25) is 0 Å². The van der Waals surface area contributed by atoms with Gasteiger partial charge in [-0.05, 0) is 52.6 Å². The fourth-order valence-corrected chi connectivity index (χ4v) is 7.98. The largest absolute Gasteiger partial charge is 0.292 e. The van der Waals surface area contributed by atoms with E-state index >= 15 is 0 Å². The van der Waals surface area contributed by atoms with E-state index in [4.69, 9.17) is 15.0 Å². The summed E-state index contributed by atoms with van der Waals surface area (Å²) in [5.41, 5.74) is 9.24. The summed E-state index contributed by atoms with van der Waals surface area (Å²) in [5.74, 6) is 1.58. The minimum Gasteiger partial charge on any atom is -0.292 e. The van der Waals surface area contributed by atoms with Crippen molar-refractivity contribution in [3.05, 3.63) is 176 Å². The van der Waals surface area contributed by atoms with Crippen LogP contribution in [0.4, 0.5) is 0 Å². The lowest BCUT2D eigenvalue weighted by atomic mass is 9.99. The van der Waals surface area contributed by atoms with Gasteiger partial charge in [-0.25, -0.2) is 15.0 Å². The fraction of sp³-hybridized carbons (Fsp3) is 0. The van der Waals surface area contributed by atoms with E-state index in [2.05, 4.69) is 167 Å². The van der Waals surface area contributed by atoms with Gasteiger partial charge in [0.05, 0.1) is 33.3 Å². The molecule has 242 valence electrons. The highest BCUT2D eigenvalue weighted by Gasteiger charge is 2.21. The predicted octanol–water partition coefficient (Wildman–Crippen LogP) is 11.7. The molecule has 0 fully saturated rings. The number of aromatic nitrogens is 5. The van der Waals surface area contributed by atoms with Gasteiger partial charge in [-0.3, -0.25) is 9.13 Å². The summed E-state index contributed by atoms with van der Waals surface area (Å²) in [6.45, 7) is 0. The molecule has 0 saturated heterocycles. The van der Waals surface area contributed by atoms with E-state index in [0.717, 1.165) is 72.1 Å². The summed E-state index contributed by atoms with van der Waals surface area (Å²) >= 11 is 0. The molecule has 0 N–H and O–H groups in total. The van der Waals surface area contributed by atoms with E-state index in [9.17, 15) is 0 Å². The number of rotatable bonds is 4. The standard InChI is InChI=1S/C47H29N5/c1-4-14-30(15-5-1)44-38-21-10-12-22-40(38)49-47(50-44)52-42-23-13-11-20-35(42)37-27-26-34-36(45(37)52)25-24-32-28-41-43(29-39(32)34)51(33-18-8-3-9-19-33)46(48-41)31-16-6-2-7-17-31/h1-29H. The molecule has 11 rings (SSSR count). The first-order chi connectivity index (χ1) is 25.8. The third-order valence-corrected chi connectivity index (χ3v) is 10.3. The highest BCUT2D eigenvalue weighted by Crippen LogP contribution is 2.40. The van der Waals surface area contributed by atoms with Gasteiger partial charge in [-0.1, -0.05) is 140 Å². The van der Waals surface area contributed by atoms with E-state index in [-0.39, 0.29) is 0 Å². The highest BCUT2D eigenvalue weighted by molar-refractivity contribution is 6.23. The minimum atomic E-state index is 0.654. The first-order valence-electron chi connectivity index (χ1n) is 17.5. The molecule has 0 aliphatic carbocycles. The molecule has 0 amide bonds. The third-order valence-electron chi connectivity index (χ3n) is 10.3. The topological polar surface area (TPSA) is 48.5 Å². The Morgan fingerprint density at radius 2 is 1.00 bits per heavy atom. The summed E-state index contributed by atoms with van der Waals surface area (Å²) in [7, 11) is 0. The van der Waals surface area contributed by atoms with Gasteiger partial charge in [0.25, 0.3) is 0 Å². The number of nitrogens with zero attached hydrogens (tertiary/aromatic N) is 5. The Hall–Kier alpha value is -7.11. The molecular formula is C47H29N5. The van der Waals surface area contributed by atoms with Crippen molar-refractivity contribution in [2.24, 2.45) is 0 Å². The average Bonchev–Trinajstić information content (AvgIpc) is 3.76. The number of fused-ring (bicyclic) bond motifs is 9. The molecule has 5 nitrogen and oxygen atoms in total. The van der Waals surface area contributed by atoms with E-state index in [0.29, 0.717) is 5.95 Å². The second-order valence-corrected chi connectivity index (χ2v) is 13.3. The quantitative estimate of drug-likeness (QED) is 0.176. The van der Waals surface area contributed by atoms with E-state index in [1.165, 1.54) is 21.5 Å². The summed E-state index contributed by atoms with van der Waals surface area (Å²) < 4.78 is 4.55. The lowest BCUT2D eigenvalue weighted by Gasteiger charge is -2.13. The van der Waals surface area contributed by atoms with E-state index in [1.54, 1.807) is 0 Å². The molecule has 52 heavy (non-hydrogen) atoms. The summed E-state index contributed by atoms with van der Waals surface area (Å²) in [5, 5.41) is 8.00. The summed E-state index contributed by atoms with van der Waals surface area (Å²) in [6.07, 6.45) is 0. The molecule has 11 aromatic rings. The van der Waals surface area contributed by atoms with Crippen molar-refractivity contribution in [2.45, 2.75) is 0 Å². The SMILES string of the molecule is c1ccc(-c2nc(-n3c4ccccc4c4ccc5c6cc7c(cc6ccc5c43)nc(-c3ccccc3)n7-c3ccccc3)nc3ccccc23)cc1. The Kier molecular flexibility index (Phi) is 6.18. The number of benzene rings is 8. The Bertz CT molecular complexity index is 3160. The first-order valence-corrected chi connectivity index (χ1v) is 17.5. The zero-order valence-electron chi connectivity index (χ0n) is 28.0. The molecule has 0 radical (unpaired) electrons. The maximum Gasteiger partial charge on any atom is 0.235 e. The maximum atomic E-state index is 5.34. The maximum absolute atomic E-state index is 5.34. The molecule has 0 bridgehead atoms. The van der Waals surface area contributed by atoms with Crippen LogP contribution in [0.15, 0.2) is 176 Å². The van der Waals surface area contributed by atoms with Gasteiger partial charge >= 0.3 is 0 Å². The van der Waals surface area contributed by atoms with Gasteiger partial charge in [0.1, 0.15) is 5.82 Å². The highest BCUT2D eigenvalue weighted by atomic mass is 15.2. The van der Waals surface area contributed by atoms with Gasteiger partial charge in [-0.15, -0.1) is 0 Å². The normalized spacial score (nSPS) is 11.8. The second-order valence-electron chi connectivity index (χ2n) is 13.3. The van der Waals surface area contributed by atoms with Crippen molar-refractivity contribution >= 4 is 65.3 Å². The lowest BCUT2D eigenvalue weighted by Crippen LogP contribution is -2.03. The van der Waals surface area contributed by atoms with Crippen LogP contribution in [-0.4, -0.2) is 24.1 Å². The smallest absolute Gasteiger partial charge is 0.235 e. The Morgan fingerprint density at radius 3 is 1.81 bits per heavy atom. The Morgan fingerprint density at radius 1 is 0.365 bits per heavy atom. The molecule has 5 heteroatoms. The predicted molar refractivity (Wildman–Crippen MR) is 214 cm³/mol. The first kappa shape index (κ1) is 28.7. The van der Waals surface area contributed by atoms with Crippen molar-refractivity contribution in [3.63, 3.8) is 0 Å². The average molecular weight is 664 g/mol. The van der Waals surface area contributed by atoms with Crippen LogP contribution in [0.3, 0.4) is 0 Å². The second kappa shape index (κ2) is 11.2. The summed E-state index contributed by atoms with van der Waals surface area (Å²) in [4.78, 5) is 15.8. The molecule has 0 atom stereocenters. The molecule has 3 aromatic heterocycles. The molecule has 0 saturated carbocycles. The van der Waals surface area contributed by atoms with Crippen molar-refractivity contribution < 1.29 is 0 Å². The Balaban J connectivity index is 1.24. The molecule has 3 heterocycles. The van der Waals surface area contributed by atoms with E-state index < -0.39 is 0 Å². The van der Waals surface area contributed by atoms with Gasteiger partial charge in [0.15, 0.2) is 0 Å². The molecule has 0 aliphatic heterocycles. The van der Waals surface area contributed by atoms with Crippen molar-refractivity contribution in [1.29, 1.82) is 0 Å². The summed E-state index contributed by atoms with van der Waals surface area (Å²) in [6, 6.07) is 61.8. The number of hydrogen-bond donors (Lipinski definition) is 0. The zero-order valence-corrected chi connectivity index (χ0v) is 28.0. The molecule has 0 unspecified atom stereocenters. The molecule has 8 aromatic carbocycles. The van der Waals surface area contributed by atoms with Crippen molar-refractivity contribution in [3.8, 4) is 34.3 Å². The zero-order chi connectivity index (χ0) is 34.2. The van der Waals surface area contributed by atoms with Crippen molar-refractivity contribution in [2.75, 3.05) is 0 Å². The van der Waals surface area contributed by atoms with Crippen molar-refractivity contribution in [1.82, 2.24) is 24.1 Å². The lowest BCUT2D eigenvalue weighted by molar-refractivity contribution is 1.02. The van der Waals surface area contributed by atoms with Gasteiger partial charge in [0, 0.05) is 38.4 Å². The van der Waals surface area contributed by atoms with Crippen LogP contribution in [-0.2, 0) is 0 Å². The third kappa shape index (κ3) is 4.26. The van der Waals surface area contributed by atoms with Crippen LogP contribution in [0.25, 0.3) is 99.6 Å². The number of hydrogen-bond acceptors (Lipinski definition) is 3. The van der Waals surface area contributed by atoms with Crippen LogP contribution < -0.4 is 0 Å². The number of para-hydroxylation sites is 3. The van der Waals surface area contributed by atoms with Gasteiger partial charge < -0.3 is 0 Å². The minimum absolute atomic E-state index is 0.654. The van der Waals surface area contributed by atoms with E-state index in [1.807, 2.05) is 18.2 Å². The van der Waals surface area contributed by atoms with Gasteiger partial charge in [0.2, 0.25) is 5.95 Å². The van der Waals surface area contributed by atoms with Crippen LogP contribution in [0.1, 0.15) is 0 Å². The van der Waals surface area contributed by atoms with Crippen LogP contribution in [0, 0.1) is 0 Å². The fourth-order valence-electron chi connectivity index (χ4n) is 7.98. The van der Waals surface area contributed by atoms with Crippen LogP contribution in [0.5, 0.6) is 0 Å². The Labute approximate surface area is 298 Å². The molecule has 0 aliphatic rings. The molecule has 0 spiro atoms. The van der Waals surface area contributed by atoms with Gasteiger partial charge in [-0.2, -0.15) is 0 Å². The monoisotopic (exact) mass is 663 g/mol. The van der Waals surface area contributed by atoms with Crippen LogP contribution >= 0.6 is 0 Å².